The van der Waals surface area contributed by atoms with Crippen molar-refractivity contribution in [1.82, 2.24) is 10.3 Å². The van der Waals surface area contributed by atoms with E-state index in [0.29, 0.717) is 11.6 Å². The van der Waals surface area contributed by atoms with Gasteiger partial charge >= 0.3 is 0 Å². The molecule has 1 aromatic carbocycles. The number of nitrogens with one attached hydrogen (secondary N) is 1. The first-order valence-corrected chi connectivity index (χ1v) is 8.60. The zero-order chi connectivity index (χ0) is 14.5. The van der Waals surface area contributed by atoms with Crippen LogP contribution in [-0.2, 0) is 6.42 Å². The maximum atomic E-state index is 5.99. The number of aryl methyl sites for hydroxylation is 1. The highest BCUT2D eigenvalue weighted by Crippen LogP contribution is 2.41. The Kier molecular flexibility index (Phi) is 4.94. The van der Waals surface area contributed by atoms with Gasteiger partial charge in [-0.15, -0.1) is 0 Å². The number of hydrazine groups is 1. The van der Waals surface area contributed by atoms with Crippen LogP contribution in [0.15, 0.2) is 30.3 Å². The Balaban J connectivity index is 1.70. The Hall–Kier alpha value is -0.900. The molecule has 1 heterocycles. The van der Waals surface area contributed by atoms with Gasteiger partial charge in [0, 0.05) is 11.6 Å². The standard InChI is InChI=1S/C18H29N3/c19-20-17(11-10-16-8-2-1-3-9-16)18(12-4-5-13-18)21-14-6-7-15-21/h1-3,8-9,17,20H,4-7,10-15,19H2. The van der Waals surface area contributed by atoms with Crippen molar-refractivity contribution in [2.24, 2.45) is 5.84 Å². The molecular formula is C18H29N3. The minimum atomic E-state index is 0.319. The van der Waals surface area contributed by atoms with Crippen LogP contribution in [0.2, 0.25) is 0 Å². The number of likely N-dealkylation sites (tertiary alicyclic amines) is 1. The Bertz CT molecular complexity index is 419. The summed E-state index contributed by atoms with van der Waals surface area (Å²) >= 11 is 0. The van der Waals surface area contributed by atoms with E-state index in [1.807, 2.05) is 0 Å². The van der Waals surface area contributed by atoms with Gasteiger partial charge in [-0.05, 0) is 57.2 Å². The zero-order valence-electron chi connectivity index (χ0n) is 13.1. The minimum Gasteiger partial charge on any atom is -0.296 e. The minimum absolute atomic E-state index is 0.319. The second kappa shape index (κ2) is 6.91. The van der Waals surface area contributed by atoms with Gasteiger partial charge in [0.25, 0.3) is 0 Å². The summed E-state index contributed by atoms with van der Waals surface area (Å²) in [5.74, 6) is 5.99. The van der Waals surface area contributed by atoms with Crippen LogP contribution >= 0.6 is 0 Å². The predicted octanol–water partition coefficient (Wildman–Crippen LogP) is 2.86. The number of rotatable bonds is 6. The fourth-order valence-electron chi connectivity index (χ4n) is 4.50. The highest BCUT2D eigenvalue weighted by Gasteiger charge is 2.45. The molecule has 1 saturated heterocycles. The van der Waals surface area contributed by atoms with E-state index in [1.165, 1.54) is 57.2 Å². The third-order valence-corrected chi connectivity index (χ3v) is 5.62. The van der Waals surface area contributed by atoms with Crippen molar-refractivity contribution >= 4 is 0 Å². The summed E-state index contributed by atoms with van der Waals surface area (Å²) in [6, 6.07) is 11.2. The molecule has 3 N–H and O–H groups in total. The zero-order valence-corrected chi connectivity index (χ0v) is 13.1. The van der Waals surface area contributed by atoms with Crippen molar-refractivity contribution in [3.8, 4) is 0 Å². The van der Waals surface area contributed by atoms with Crippen molar-refractivity contribution in [3.05, 3.63) is 35.9 Å². The Morgan fingerprint density at radius 2 is 1.71 bits per heavy atom. The SMILES string of the molecule is NNC(CCc1ccccc1)C1(N2CCCC2)CCCC1. The second-order valence-electron chi connectivity index (χ2n) is 6.75. The summed E-state index contributed by atoms with van der Waals surface area (Å²) < 4.78 is 0. The lowest BCUT2D eigenvalue weighted by molar-refractivity contribution is 0.0731. The highest BCUT2D eigenvalue weighted by molar-refractivity contribution is 5.15. The van der Waals surface area contributed by atoms with Crippen LogP contribution in [0.25, 0.3) is 0 Å². The van der Waals surface area contributed by atoms with Gasteiger partial charge in [-0.1, -0.05) is 43.2 Å². The molecular weight excluding hydrogens is 258 g/mol. The molecule has 0 bridgehead atoms. The quantitative estimate of drug-likeness (QED) is 0.624. The van der Waals surface area contributed by atoms with Gasteiger partial charge in [0.1, 0.15) is 0 Å². The number of hydrogen-bond acceptors (Lipinski definition) is 3. The molecule has 3 rings (SSSR count). The monoisotopic (exact) mass is 287 g/mol. The van der Waals surface area contributed by atoms with E-state index in [-0.39, 0.29) is 0 Å². The first kappa shape index (κ1) is 15.0. The summed E-state index contributed by atoms with van der Waals surface area (Å²) in [6.07, 6.45) is 10.3. The predicted molar refractivity (Wildman–Crippen MR) is 87.9 cm³/mol. The van der Waals surface area contributed by atoms with Gasteiger partial charge in [-0.25, -0.2) is 0 Å². The number of nitrogens with zero attached hydrogens (tertiary/aromatic N) is 1. The topological polar surface area (TPSA) is 41.3 Å². The van der Waals surface area contributed by atoms with Crippen LogP contribution in [-0.4, -0.2) is 29.6 Å². The van der Waals surface area contributed by atoms with Crippen molar-refractivity contribution in [2.45, 2.75) is 62.9 Å². The lowest BCUT2D eigenvalue weighted by atomic mass is 9.83. The molecule has 0 aromatic heterocycles. The normalized spacial score (nSPS) is 23.5. The van der Waals surface area contributed by atoms with Crippen LogP contribution < -0.4 is 11.3 Å². The summed E-state index contributed by atoms with van der Waals surface area (Å²) in [6.45, 7) is 2.53. The third kappa shape index (κ3) is 3.15. The fourth-order valence-corrected chi connectivity index (χ4v) is 4.50. The van der Waals surface area contributed by atoms with Crippen molar-refractivity contribution in [1.29, 1.82) is 0 Å². The van der Waals surface area contributed by atoms with Crippen molar-refractivity contribution in [3.63, 3.8) is 0 Å². The third-order valence-electron chi connectivity index (χ3n) is 5.62. The average Bonchev–Trinajstić information content (AvgIpc) is 3.21. The van der Waals surface area contributed by atoms with E-state index in [4.69, 9.17) is 5.84 Å². The Morgan fingerprint density at radius 1 is 1.05 bits per heavy atom. The van der Waals surface area contributed by atoms with Crippen molar-refractivity contribution < 1.29 is 0 Å². The molecule has 21 heavy (non-hydrogen) atoms. The van der Waals surface area contributed by atoms with Gasteiger partial charge in [0.15, 0.2) is 0 Å². The van der Waals surface area contributed by atoms with E-state index in [9.17, 15) is 0 Å². The van der Waals surface area contributed by atoms with E-state index in [2.05, 4.69) is 40.7 Å². The van der Waals surface area contributed by atoms with Crippen LogP contribution in [0.3, 0.4) is 0 Å². The Labute approximate surface area is 128 Å². The summed E-state index contributed by atoms with van der Waals surface area (Å²) in [7, 11) is 0. The van der Waals surface area contributed by atoms with Crippen molar-refractivity contribution in [2.75, 3.05) is 13.1 Å². The molecule has 1 aliphatic heterocycles. The van der Waals surface area contributed by atoms with Crippen LogP contribution in [0.1, 0.15) is 50.5 Å². The molecule has 1 aromatic rings. The molecule has 0 radical (unpaired) electrons. The lowest BCUT2D eigenvalue weighted by Crippen LogP contribution is -2.60. The molecule has 116 valence electrons. The molecule has 3 heteroatoms. The van der Waals surface area contributed by atoms with Gasteiger partial charge in [-0.3, -0.25) is 16.2 Å². The second-order valence-corrected chi connectivity index (χ2v) is 6.75. The average molecular weight is 287 g/mol. The maximum absolute atomic E-state index is 5.99. The summed E-state index contributed by atoms with van der Waals surface area (Å²) in [4.78, 5) is 2.75. The smallest absolute Gasteiger partial charge is 0.0397 e. The van der Waals surface area contributed by atoms with E-state index in [1.54, 1.807) is 0 Å². The van der Waals surface area contributed by atoms with E-state index < -0.39 is 0 Å². The number of nitrogens with two attached hydrogens (primary N) is 1. The summed E-state index contributed by atoms with van der Waals surface area (Å²) in [5.41, 5.74) is 4.93. The molecule has 1 saturated carbocycles. The molecule has 0 spiro atoms. The first-order chi connectivity index (χ1) is 10.3. The maximum Gasteiger partial charge on any atom is 0.0397 e. The number of benzene rings is 1. The largest absolute Gasteiger partial charge is 0.296 e. The molecule has 3 nitrogen and oxygen atoms in total. The molecule has 2 fully saturated rings. The van der Waals surface area contributed by atoms with Gasteiger partial charge in [0.05, 0.1) is 0 Å². The van der Waals surface area contributed by atoms with E-state index >= 15 is 0 Å². The van der Waals surface area contributed by atoms with Crippen LogP contribution in [0, 0.1) is 0 Å². The molecule has 2 aliphatic rings. The van der Waals surface area contributed by atoms with Crippen LogP contribution in [0.5, 0.6) is 0 Å². The van der Waals surface area contributed by atoms with Gasteiger partial charge in [0.2, 0.25) is 0 Å². The van der Waals surface area contributed by atoms with Gasteiger partial charge in [-0.2, -0.15) is 0 Å². The molecule has 1 atom stereocenters. The number of hydrogen-bond donors (Lipinski definition) is 2. The Morgan fingerprint density at radius 3 is 2.33 bits per heavy atom. The first-order valence-electron chi connectivity index (χ1n) is 8.60. The van der Waals surface area contributed by atoms with E-state index in [0.717, 1.165) is 12.8 Å². The highest BCUT2D eigenvalue weighted by atomic mass is 15.3. The molecule has 1 aliphatic carbocycles. The summed E-state index contributed by atoms with van der Waals surface area (Å²) in [5, 5.41) is 0. The molecule has 0 amide bonds. The molecule has 1 unspecified atom stereocenters. The van der Waals surface area contributed by atoms with Gasteiger partial charge < -0.3 is 0 Å². The lowest BCUT2D eigenvalue weighted by Gasteiger charge is -2.45. The fraction of sp³-hybridized carbons (Fsp3) is 0.667. The van der Waals surface area contributed by atoms with Crippen LogP contribution in [0.4, 0.5) is 0 Å².